The first-order chi connectivity index (χ1) is 18.3. The predicted octanol–water partition coefficient (Wildman–Crippen LogP) is 2.10. The summed E-state index contributed by atoms with van der Waals surface area (Å²) in [5, 5.41) is 16.2. The van der Waals surface area contributed by atoms with Crippen LogP contribution in [0, 0.1) is 5.92 Å². The highest BCUT2D eigenvalue weighted by atomic mass is 16.5. The Labute approximate surface area is 231 Å². The molecule has 39 heavy (non-hydrogen) atoms. The van der Waals surface area contributed by atoms with E-state index in [1.807, 2.05) is 34.6 Å². The van der Waals surface area contributed by atoms with E-state index in [1.54, 1.807) is 36.2 Å². The molecule has 0 spiro atoms. The number of likely N-dealkylation sites (N-methyl/N-ethyl adjacent to an activating group) is 1. The van der Waals surface area contributed by atoms with Gasteiger partial charge in [-0.15, -0.1) is 0 Å². The lowest BCUT2D eigenvalue weighted by Gasteiger charge is -2.39. The Morgan fingerprint density at radius 1 is 1.15 bits per heavy atom. The number of para-hydroxylation sites is 1. The smallest absolute Gasteiger partial charge is 0.258 e. The number of nitrogens with zero attached hydrogens (tertiary/aromatic N) is 2. The van der Waals surface area contributed by atoms with Crippen LogP contribution in [0.2, 0.25) is 0 Å². The zero-order valence-corrected chi connectivity index (χ0v) is 24.0. The van der Waals surface area contributed by atoms with E-state index in [0.717, 1.165) is 19.3 Å². The number of carbonyl (C=O) groups is 4. The number of carbonyl (C=O) groups excluding carboxylic acids is 4. The molecule has 1 aliphatic heterocycles. The summed E-state index contributed by atoms with van der Waals surface area (Å²) in [4.78, 5) is 55.6. The van der Waals surface area contributed by atoms with E-state index in [9.17, 15) is 24.3 Å². The number of hydrogen-bond acceptors (Lipinski definition) is 6. The maximum Gasteiger partial charge on any atom is 0.258 e. The molecule has 1 saturated carbocycles. The van der Waals surface area contributed by atoms with Gasteiger partial charge in [-0.3, -0.25) is 19.2 Å². The molecular weight excluding hydrogens is 500 g/mol. The molecule has 0 unspecified atom stereocenters. The lowest BCUT2D eigenvalue weighted by molar-refractivity contribution is -0.145. The Kier molecular flexibility index (Phi) is 9.98. The van der Waals surface area contributed by atoms with Gasteiger partial charge in [0.15, 0.2) is 6.61 Å². The predicted molar refractivity (Wildman–Crippen MR) is 147 cm³/mol. The van der Waals surface area contributed by atoms with Crippen molar-refractivity contribution in [2.75, 3.05) is 20.2 Å². The number of rotatable bonds is 11. The fraction of sp³-hybridized carbons (Fsp3) is 0.655. The summed E-state index contributed by atoms with van der Waals surface area (Å²) in [6, 6.07) is 4.82. The molecule has 0 radical (unpaired) electrons. The average molecular weight is 545 g/mol. The maximum absolute atomic E-state index is 13.7. The maximum atomic E-state index is 13.7. The van der Waals surface area contributed by atoms with Crippen LogP contribution < -0.4 is 15.4 Å². The second-order valence-electron chi connectivity index (χ2n) is 11.8. The SMILES string of the molecule is CC(C)C[C@@H](NC(=O)c1ccccc1OCC(=O)NC1(C)CCC1)C(=O)N1C[C@@H](O)C[C@@H]1C(=O)N(C)C(C)C. The number of aliphatic hydroxyl groups is 1. The van der Waals surface area contributed by atoms with Crippen LogP contribution in [0.25, 0.3) is 0 Å². The normalized spacial score (nSPS) is 20.8. The number of amides is 4. The number of nitrogens with one attached hydrogen (secondary N) is 2. The van der Waals surface area contributed by atoms with Crippen molar-refractivity contribution >= 4 is 23.6 Å². The van der Waals surface area contributed by atoms with Crippen LogP contribution in [0.3, 0.4) is 0 Å². The first-order valence-electron chi connectivity index (χ1n) is 13.9. The highest BCUT2D eigenvalue weighted by Gasteiger charge is 2.43. The number of likely N-dealkylation sites (tertiary alicyclic amines) is 1. The zero-order valence-electron chi connectivity index (χ0n) is 24.0. The molecule has 1 heterocycles. The fourth-order valence-electron chi connectivity index (χ4n) is 5.04. The molecule has 4 amide bonds. The molecule has 2 aliphatic rings. The summed E-state index contributed by atoms with van der Waals surface area (Å²) >= 11 is 0. The molecule has 2 fully saturated rings. The minimum Gasteiger partial charge on any atom is -0.483 e. The van der Waals surface area contributed by atoms with Crippen molar-refractivity contribution in [1.29, 1.82) is 0 Å². The number of aliphatic hydroxyl groups excluding tert-OH is 1. The van der Waals surface area contributed by atoms with E-state index in [-0.39, 0.29) is 60.2 Å². The molecule has 3 atom stereocenters. The summed E-state index contributed by atoms with van der Waals surface area (Å²) < 4.78 is 5.72. The van der Waals surface area contributed by atoms with Gasteiger partial charge in [0.2, 0.25) is 11.8 Å². The highest BCUT2D eigenvalue weighted by Crippen LogP contribution is 2.31. The third-order valence-electron chi connectivity index (χ3n) is 7.67. The Balaban J connectivity index is 1.73. The van der Waals surface area contributed by atoms with Gasteiger partial charge in [-0.2, -0.15) is 0 Å². The third kappa shape index (κ3) is 7.71. The summed E-state index contributed by atoms with van der Waals surface area (Å²) in [6.45, 7) is 9.45. The number of β-amino-alcohol motifs (C(OH)–C–C–N with tert-alkyl or cyclic N) is 1. The molecule has 216 valence electrons. The van der Waals surface area contributed by atoms with E-state index in [1.165, 1.54) is 4.90 Å². The van der Waals surface area contributed by atoms with Gasteiger partial charge < -0.3 is 30.3 Å². The summed E-state index contributed by atoms with van der Waals surface area (Å²) in [5.74, 6) is -1.11. The van der Waals surface area contributed by atoms with Crippen LogP contribution >= 0.6 is 0 Å². The number of ether oxygens (including phenoxy) is 1. The van der Waals surface area contributed by atoms with Gasteiger partial charge >= 0.3 is 0 Å². The van der Waals surface area contributed by atoms with Crippen LogP contribution in [0.15, 0.2) is 24.3 Å². The molecule has 0 bridgehead atoms. The Bertz CT molecular complexity index is 1050. The van der Waals surface area contributed by atoms with Crippen LogP contribution in [-0.4, -0.2) is 88.5 Å². The summed E-state index contributed by atoms with van der Waals surface area (Å²) in [6.07, 6.45) is 2.62. The molecular formula is C29H44N4O6. The molecule has 1 aromatic rings. The van der Waals surface area contributed by atoms with Crippen molar-refractivity contribution in [3.63, 3.8) is 0 Å². The van der Waals surface area contributed by atoms with Gasteiger partial charge in [0.25, 0.3) is 11.8 Å². The third-order valence-corrected chi connectivity index (χ3v) is 7.67. The lowest BCUT2D eigenvalue weighted by atomic mass is 9.78. The van der Waals surface area contributed by atoms with Crippen molar-refractivity contribution in [1.82, 2.24) is 20.4 Å². The molecule has 10 nitrogen and oxygen atoms in total. The van der Waals surface area contributed by atoms with Gasteiger partial charge in [-0.25, -0.2) is 0 Å². The van der Waals surface area contributed by atoms with Crippen molar-refractivity contribution < 1.29 is 29.0 Å². The van der Waals surface area contributed by atoms with Crippen molar-refractivity contribution in [2.24, 2.45) is 5.92 Å². The van der Waals surface area contributed by atoms with E-state index in [4.69, 9.17) is 4.74 Å². The fourth-order valence-corrected chi connectivity index (χ4v) is 5.04. The minimum absolute atomic E-state index is 0.0272. The monoisotopic (exact) mass is 544 g/mol. The quantitative estimate of drug-likeness (QED) is 0.391. The van der Waals surface area contributed by atoms with Gasteiger partial charge in [0, 0.05) is 31.6 Å². The molecule has 10 heteroatoms. The van der Waals surface area contributed by atoms with Gasteiger partial charge in [-0.1, -0.05) is 26.0 Å². The Hall–Kier alpha value is -3.14. The molecule has 1 aromatic carbocycles. The second kappa shape index (κ2) is 12.8. The number of benzene rings is 1. The molecule has 3 N–H and O–H groups in total. The Morgan fingerprint density at radius 2 is 1.82 bits per heavy atom. The van der Waals surface area contributed by atoms with E-state index in [2.05, 4.69) is 10.6 Å². The van der Waals surface area contributed by atoms with E-state index in [0.29, 0.717) is 6.42 Å². The first kappa shape index (κ1) is 30.4. The van der Waals surface area contributed by atoms with Crippen LogP contribution in [-0.2, 0) is 14.4 Å². The molecule has 1 saturated heterocycles. The van der Waals surface area contributed by atoms with E-state index < -0.39 is 30.0 Å². The van der Waals surface area contributed by atoms with Gasteiger partial charge in [0.05, 0.1) is 11.7 Å². The van der Waals surface area contributed by atoms with Gasteiger partial charge in [0.1, 0.15) is 17.8 Å². The summed E-state index contributed by atoms with van der Waals surface area (Å²) in [5.41, 5.74) is 0.00375. The second-order valence-corrected chi connectivity index (χ2v) is 11.8. The summed E-state index contributed by atoms with van der Waals surface area (Å²) in [7, 11) is 1.68. The standard InChI is InChI=1S/C29H44N4O6/c1-18(2)14-22(27(37)33-16-20(34)15-23(33)28(38)32(6)19(3)4)30-26(36)21-10-7-8-11-24(21)39-17-25(35)31-29(5)12-9-13-29/h7-8,10-11,18-20,22-23,34H,9,12-17H2,1-6H3,(H,30,36)(H,31,35)/t20-,22+,23+/m0/s1. The van der Waals surface area contributed by atoms with Crippen molar-refractivity contribution in [2.45, 2.75) is 96.5 Å². The van der Waals surface area contributed by atoms with Crippen LogP contribution in [0.5, 0.6) is 5.75 Å². The highest BCUT2D eigenvalue weighted by molar-refractivity contribution is 6.00. The first-order valence-corrected chi connectivity index (χ1v) is 13.9. The van der Waals surface area contributed by atoms with Gasteiger partial charge in [-0.05, 0) is 64.5 Å². The van der Waals surface area contributed by atoms with E-state index >= 15 is 0 Å². The van der Waals surface area contributed by atoms with Crippen molar-refractivity contribution in [3.8, 4) is 5.75 Å². The van der Waals surface area contributed by atoms with Crippen LogP contribution in [0.4, 0.5) is 0 Å². The topological polar surface area (TPSA) is 128 Å². The molecule has 0 aromatic heterocycles. The zero-order chi connectivity index (χ0) is 28.9. The largest absolute Gasteiger partial charge is 0.483 e. The number of hydrogen-bond donors (Lipinski definition) is 3. The Morgan fingerprint density at radius 3 is 2.41 bits per heavy atom. The lowest BCUT2D eigenvalue weighted by Crippen LogP contribution is -2.54. The minimum atomic E-state index is -0.905. The van der Waals surface area contributed by atoms with Crippen molar-refractivity contribution in [3.05, 3.63) is 29.8 Å². The van der Waals surface area contributed by atoms with Crippen LogP contribution in [0.1, 0.15) is 77.1 Å². The average Bonchev–Trinajstić information content (AvgIpc) is 3.26. The molecule has 1 aliphatic carbocycles. The molecule has 3 rings (SSSR count).